The quantitative estimate of drug-likeness (QED) is 0.257. The molecule has 1 heterocycles. The molecule has 0 aliphatic carbocycles. The lowest BCUT2D eigenvalue weighted by Crippen LogP contribution is -2.21. The number of allylic oxidation sites excluding steroid dienone is 6. The van der Waals surface area contributed by atoms with E-state index in [4.69, 9.17) is 15.2 Å². The predicted molar refractivity (Wildman–Crippen MR) is 149 cm³/mol. The van der Waals surface area contributed by atoms with Crippen molar-refractivity contribution in [1.82, 2.24) is 4.57 Å². The van der Waals surface area contributed by atoms with Crippen molar-refractivity contribution in [3.63, 3.8) is 0 Å². The summed E-state index contributed by atoms with van der Waals surface area (Å²) < 4.78 is 13.8. The lowest BCUT2D eigenvalue weighted by Gasteiger charge is -2.16. The number of hydrogen-bond donors (Lipinski definition) is 1. The zero-order valence-electron chi connectivity index (χ0n) is 22.5. The van der Waals surface area contributed by atoms with Gasteiger partial charge in [-0.1, -0.05) is 34.4 Å². The molecule has 0 fully saturated rings. The van der Waals surface area contributed by atoms with Gasteiger partial charge in [0.25, 0.3) is 5.56 Å². The number of ether oxygens (including phenoxy) is 2. The molecular formula is C30H42N2O3. The van der Waals surface area contributed by atoms with Crippen LogP contribution in [0, 0.1) is 0 Å². The standard InChI is InChI=1S/C30H42N2O3/c1-21(2)10-8-12-23(5)16-18-34-28-26-15-14-25(31)20-27(26)32(7)30(33)29(28)35-19-17-24(6)13-9-11-22(3)4/h10-11,14-17,20H,8-9,12-13,18-19,31H2,1-7H3. The Hall–Kier alpha value is -3.21. The molecule has 0 atom stereocenters. The lowest BCUT2D eigenvalue weighted by atomic mass is 10.1. The highest BCUT2D eigenvalue weighted by Crippen LogP contribution is 2.33. The summed E-state index contributed by atoms with van der Waals surface area (Å²) in [6, 6.07) is 5.50. The van der Waals surface area contributed by atoms with E-state index in [1.54, 1.807) is 17.7 Å². The van der Waals surface area contributed by atoms with Crippen LogP contribution in [0.1, 0.15) is 67.2 Å². The van der Waals surface area contributed by atoms with E-state index in [9.17, 15) is 4.79 Å². The molecule has 0 radical (unpaired) electrons. The average molecular weight is 479 g/mol. The van der Waals surface area contributed by atoms with E-state index in [1.165, 1.54) is 22.3 Å². The molecular weight excluding hydrogens is 436 g/mol. The van der Waals surface area contributed by atoms with Crippen LogP contribution < -0.4 is 20.8 Å². The Morgan fingerprint density at radius 3 is 1.86 bits per heavy atom. The maximum atomic E-state index is 13.2. The van der Waals surface area contributed by atoms with Gasteiger partial charge in [0.15, 0.2) is 5.75 Å². The minimum atomic E-state index is -0.238. The van der Waals surface area contributed by atoms with Gasteiger partial charge >= 0.3 is 0 Å². The molecule has 190 valence electrons. The molecule has 0 saturated carbocycles. The van der Waals surface area contributed by atoms with E-state index in [0.29, 0.717) is 24.7 Å². The summed E-state index contributed by atoms with van der Waals surface area (Å²) in [5.74, 6) is 0.695. The number of aryl methyl sites for hydroxylation is 1. The molecule has 5 heteroatoms. The first-order valence-electron chi connectivity index (χ1n) is 12.4. The smallest absolute Gasteiger partial charge is 0.297 e. The third kappa shape index (κ3) is 8.82. The van der Waals surface area contributed by atoms with Gasteiger partial charge < -0.3 is 19.8 Å². The third-order valence-electron chi connectivity index (χ3n) is 5.83. The maximum Gasteiger partial charge on any atom is 0.297 e. The Bertz CT molecular complexity index is 1190. The fraction of sp³-hybridized carbons (Fsp3) is 0.433. The highest BCUT2D eigenvalue weighted by atomic mass is 16.5. The number of aromatic nitrogens is 1. The van der Waals surface area contributed by atoms with Crippen LogP contribution in [-0.4, -0.2) is 17.8 Å². The van der Waals surface area contributed by atoms with Crippen molar-refractivity contribution in [1.29, 1.82) is 0 Å². The molecule has 35 heavy (non-hydrogen) atoms. The van der Waals surface area contributed by atoms with Crippen LogP contribution in [0.4, 0.5) is 5.69 Å². The third-order valence-corrected chi connectivity index (χ3v) is 5.83. The van der Waals surface area contributed by atoms with Gasteiger partial charge in [-0.15, -0.1) is 0 Å². The zero-order chi connectivity index (χ0) is 26.0. The Balaban J connectivity index is 2.29. The topological polar surface area (TPSA) is 66.5 Å². The van der Waals surface area contributed by atoms with Gasteiger partial charge in [0.2, 0.25) is 5.75 Å². The van der Waals surface area contributed by atoms with Crippen LogP contribution in [-0.2, 0) is 7.05 Å². The first-order chi connectivity index (χ1) is 16.6. The lowest BCUT2D eigenvalue weighted by molar-refractivity contribution is 0.304. The number of nitrogens with zero attached hydrogens (tertiary/aromatic N) is 1. The summed E-state index contributed by atoms with van der Waals surface area (Å²) in [5.41, 5.74) is 12.2. The Kier molecular flexibility index (Phi) is 10.9. The summed E-state index contributed by atoms with van der Waals surface area (Å²) in [6.45, 7) is 13.3. The molecule has 0 amide bonds. The highest BCUT2D eigenvalue weighted by molar-refractivity contribution is 5.90. The number of nitrogens with two attached hydrogens (primary N) is 1. The molecule has 0 aliphatic rings. The number of fused-ring (bicyclic) bond motifs is 1. The van der Waals surface area contributed by atoms with Crippen molar-refractivity contribution in [3.05, 3.63) is 75.1 Å². The van der Waals surface area contributed by atoms with Gasteiger partial charge in [-0.2, -0.15) is 0 Å². The van der Waals surface area contributed by atoms with E-state index in [1.807, 2.05) is 18.2 Å². The van der Waals surface area contributed by atoms with E-state index in [-0.39, 0.29) is 11.3 Å². The van der Waals surface area contributed by atoms with Gasteiger partial charge in [-0.25, -0.2) is 0 Å². The van der Waals surface area contributed by atoms with Crippen LogP contribution in [0.5, 0.6) is 11.5 Å². The molecule has 2 N–H and O–H groups in total. The summed E-state index contributed by atoms with van der Waals surface area (Å²) >= 11 is 0. The minimum Gasteiger partial charge on any atom is -0.485 e. The molecule has 2 aromatic rings. The fourth-order valence-electron chi connectivity index (χ4n) is 3.69. The van der Waals surface area contributed by atoms with Gasteiger partial charge in [0.05, 0.1) is 5.52 Å². The monoisotopic (exact) mass is 478 g/mol. The summed E-state index contributed by atoms with van der Waals surface area (Å²) in [7, 11) is 1.73. The van der Waals surface area contributed by atoms with Crippen molar-refractivity contribution >= 4 is 16.6 Å². The van der Waals surface area contributed by atoms with E-state index in [0.717, 1.165) is 36.6 Å². The predicted octanol–water partition coefficient (Wildman–Crippen LogP) is 7.26. The van der Waals surface area contributed by atoms with Crippen molar-refractivity contribution in [2.75, 3.05) is 18.9 Å². The van der Waals surface area contributed by atoms with E-state index >= 15 is 0 Å². The molecule has 1 aromatic carbocycles. The van der Waals surface area contributed by atoms with Crippen LogP contribution in [0.2, 0.25) is 0 Å². The van der Waals surface area contributed by atoms with Gasteiger partial charge in [-0.3, -0.25) is 4.79 Å². The van der Waals surface area contributed by atoms with Gasteiger partial charge in [-0.05, 0) is 97.6 Å². The second kappa shape index (κ2) is 13.6. The number of hydrogen-bond acceptors (Lipinski definition) is 4. The zero-order valence-corrected chi connectivity index (χ0v) is 22.5. The first-order valence-corrected chi connectivity index (χ1v) is 12.4. The summed E-state index contributed by atoms with van der Waals surface area (Å²) in [6.07, 6.45) is 12.5. The van der Waals surface area contributed by atoms with Crippen molar-refractivity contribution in [2.24, 2.45) is 7.05 Å². The van der Waals surface area contributed by atoms with Crippen molar-refractivity contribution < 1.29 is 9.47 Å². The second-order valence-electron chi connectivity index (χ2n) is 9.66. The Labute approximate surface area is 210 Å². The van der Waals surface area contributed by atoms with Crippen molar-refractivity contribution in [2.45, 2.75) is 67.2 Å². The largest absolute Gasteiger partial charge is 0.485 e. The Morgan fingerprint density at radius 2 is 1.34 bits per heavy atom. The molecule has 5 nitrogen and oxygen atoms in total. The van der Waals surface area contributed by atoms with Crippen LogP contribution in [0.3, 0.4) is 0 Å². The summed E-state index contributed by atoms with van der Waals surface area (Å²) in [5, 5.41) is 0.802. The number of pyridine rings is 1. The Morgan fingerprint density at radius 1 is 0.829 bits per heavy atom. The van der Waals surface area contributed by atoms with E-state index < -0.39 is 0 Å². The molecule has 2 rings (SSSR count). The molecule has 0 aliphatic heterocycles. The molecule has 0 bridgehead atoms. The molecule has 0 unspecified atom stereocenters. The highest BCUT2D eigenvalue weighted by Gasteiger charge is 2.18. The minimum absolute atomic E-state index is 0.230. The number of benzene rings is 1. The van der Waals surface area contributed by atoms with E-state index in [2.05, 4.69) is 59.8 Å². The normalized spacial score (nSPS) is 12.0. The first kappa shape index (κ1) is 28.0. The molecule has 1 aromatic heterocycles. The SMILES string of the molecule is CC(C)=CCCC(C)=CCOc1c(OCC=C(C)CCC=C(C)C)c2ccc(N)cc2n(C)c1=O. The number of anilines is 1. The van der Waals surface area contributed by atoms with Gasteiger partial charge in [0, 0.05) is 18.1 Å². The fourth-order valence-corrected chi connectivity index (χ4v) is 3.69. The second-order valence-corrected chi connectivity index (χ2v) is 9.66. The average Bonchev–Trinajstić information content (AvgIpc) is 2.78. The van der Waals surface area contributed by atoms with Gasteiger partial charge in [0.1, 0.15) is 13.2 Å². The molecule has 0 spiro atoms. The maximum absolute atomic E-state index is 13.2. The summed E-state index contributed by atoms with van der Waals surface area (Å²) in [4.78, 5) is 13.2. The number of nitrogen functional groups attached to an aromatic ring is 1. The van der Waals surface area contributed by atoms with Crippen LogP contribution in [0.15, 0.2) is 69.6 Å². The van der Waals surface area contributed by atoms with Crippen LogP contribution in [0.25, 0.3) is 10.9 Å². The van der Waals surface area contributed by atoms with Crippen molar-refractivity contribution in [3.8, 4) is 11.5 Å². The molecule has 0 saturated heterocycles. The van der Waals surface area contributed by atoms with Crippen LogP contribution >= 0.6 is 0 Å². The number of rotatable bonds is 12.